The number of nitrogens with zero attached hydrogens (tertiary/aromatic N) is 1. The van der Waals surface area contributed by atoms with E-state index in [0.29, 0.717) is 12.2 Å². The lowest BCUT2D eigenvalue weighted by atomic mass is 10.0. The first-order valence-corrected chi connectivity index (χ1v) is 6.35. The van der Waals surface area contributed by atoms with E-state index in [2.05, 4.69) is 10.3 Å². The number of benzene rings is 1. The lowest BCUT2D eigenvalue weighted by Crippen LogP contribution is -2.16. The topological polar surface area (TPSA) is 105 Å². The molecule has 108 valence electrons. The highest BCUT2D eigenvalue weighted by Crippen LogP contribution is 2.12. The number of carboxylic acid groups (broad SMARTS) is 1. The summed E-state index contributed by atoms with van der Waals surface area (Å²) in [7, 11) is 0. The third kappa shape index (κ3) is 3.87. The fourth-order valence-corrected chi connectivity index (χ4v) is 1.93. The summed E-state index contributed by atoms with van der Waals surface area (Å²) in [4.78, 5) is 26.6. The van der Waals surface area contributed by atoms with Gasteiger partial charge in [-0.1, -0.05) is 24.3 Å². The number of nitrogens with two attached hydrogens (primary N) is 1. The van der Waals surface area contributed by atoms with Crippen LogP contribution in [0.15, 0.2) is 42.7 Å². The molecule has 6 nitrogen and oxygen atoms in total. The SMILES string of the molecule is NCc1ccccc1CC(=O)Nc1cncc(C(=O)O)c1. The molecule has 1 aromatic carbocycles. The van der Waals surface area contributed by atoms with E-state index >= 15 is 0 Å². The van der Waals surface area contributed by atoms with E-state index in [1.54, 1.807) is 0 Å². The standard InChI is InChI=1S/C15H15N3O3/c16-7-11-4-2-1-3-10(11)6-14(19)18-13-5-12(15(20)21)8-17-9-13/h1-5,8-9H,6-7,16H2,(H,18,19)(H,20,21). The Morgan fingerprint density at radius 2 is 1.90 bits per heavy atom. The molecule has 0 aliphatic heterocycles. The molecule has 1 amide bonds. The van der Waals surface area contributed by atoms with Crippen LogP contribution in [0.1, 0.15) is 21.5 Å². The van der Waals surface area contributed by atoms with Gasteiger partial charge in [0.05, 0.1) is 23.9 Å². The van der Waals surface area contributed by atoms with Gasteiger partial charge < -0.3 is 16.2 Å². The van der Waals surface area contributed by atoms with Crippen LogP contribution in [0.4, 0.5) is 5.69 Å². The monoisotopic (exact) mass is 285 g/mol. The number of amides is 1. The van der Waals surface area contributed by atoms with Crippen LogP contribution < -0.4 is 11.1 Å². The maximum atomic E-state index is 12.0. The molecule has 0 saturated heterocycles. The molecule has 0 aliphatic rings. The molecule has 2 rings (SSSR count). The zero-order valence-corrected chi connectivity index (χ0v) is 11.2. The molecule has 6 heteroatoms. The maximum Gasteiger partial charge on any atom is 0.337 e. The van der Waals surface area contributed by atoms with Crippen molar-refractivity contribution in [1.29, 1.82) is 0 Å². The summed E-state index contributed by atoms with van der Waals surface area (Å²) < 4.78 is 0. The largest absolute Gasteiger partial charge is 0.478 e. The second-order valence-electron chi connectivity index (χ2n) is 4.47. The van der Waals surface area contributed by atoms with Crippen molar-refractivity contribution >= 4 is 17.6 Å². The molecule has 1 heterocycles. The van der Waals surface area contributed by atoms with Gasteiger partial charge in [0.15, 0.2) is 0 Å². The lowest BCUT2D eigenvalue weighted by Gasteiger charge is -2.08. The smallest absolute Gasteiger partial charge is 0.337 e. The third-order valence-corrected chi connectivity index (χ3v) is 2.96. The Bertz CT molecular complexity index is 671. The summed E-state index contributed by atoms with van der Waals surface area (Å²) in [6.45, 7) is 0.361. The van der Waals surface area contributed by atoms with E-state index < -0.39 is 5.97 Å². The lowest BCUT2D eigenvalue weighted by molar-refractivity contribution is -0.115. The number of rotatable bonds is 5. The molecule has 0 atom stereocenters. The zero-order chi connectivity index (χ0) is 15.2. The molecule has 0 bridgehead atoms. The van der Waals surface area contributed by atoms with E-state index in [4.69, 9.17) is 10.8 Å². The Hall–Kier alpha value is -2.73. The summed E-state index contributed by atoms with van der Waals surface area (Å²) in [5.74, 6) is -1.34. The minimum absolute atomic E-state index is 0.0233. The number of hydrogen-bond acceptors (Lipinski definition) is 4. The average Bonchev–Trinajstić information content (AvgIpc) is 2.48. The van der Waals surface area contributed by atoms with Crippen LogP contribution in [0, 0.1) is 0 Å². The number of anilines is 1. The van der Waals surface area contributed by atoms with Gasteiger partial charge in [-0.15, -0.1) is 0 Å². The highest BCUT2D eigenvalue weighted by Gasteiger charge is 2.09. The highest BCUT2D eigenvalue weighted by molar-refractivity contribution is 5.94. The molecular weight excluding hydrogens is 270 g/mol. The molecule has 0 fully saturated rings. The predicted molar refractivity (Wildman–Crippen MR) is 77.9 cm³/mol. The van der Waals surface area contributed by atoms with Gasteiger partial charge in [-0.05, 0) is 17.2 Å². The molecule has 2 aromatic rings. The second-order valence-corrected chi connectivity index (χ2v) is 4.47. The van der Waals surface area contributed by atoms with E-state index in [9.17, 15) is 9.59 Å². The van der Waals surface area contributed by atoms with Crippen molar-refractivity contribution in [1.82, 2.24) is 4.98 Å². The van der Waals surface area contributed by atoms with Crippen LogP contribution in [0.2, 0.25) is 0 Å². The van der Waals surface area contributed by atoms with Gasteiger partial charge in [-0.25, -0.2) is 4.79 Å². The van der Waals surface area contributed by atoms with Gasteiger partial charge in [-0.2, -0.15) is 0 Å². The maximum absolute atomic E-state index is 12.0. The van der Waals surface area contributed by atoms with Gasteiger partial charge in [-0.3, -0.25) is 9.78 Å². The van der Waals surface area contributed by atoms with Gasteiger partial charge in [0.25, 0.3) is 0 Å². The van der Waals surface area contributed by atoms with Crippen molar-refractivity contribution in [3.63, 3.8) is 0 Å². The first kappa shape index (κ1) is 14.7. The Morgan fingerprint density at radius 3 is 2.57 bits per heavy atom. The number of hydrogen-bond donors (Lipinski definition) is 3. The summed E-state index contributed by atoms with van der Waals surface area (Å²) in [6.07, 6.45) is 2.80. The summed E-state index contributed by atoms with van der Waals surface area (Å²) >= 11 is 0. The Kier molecular flexibility index (Phi) is 4.63. The highest BCUT2D eigenvalue weighted by atomic mass is 16.4. The fourth-order valence-electron chi connectivity index (χ4n) is 1.93. The van der Waals surface area contributed by atoms with Crippen molar-refractivity contribution in [3.8, 4) is 0 Å². The fraction of sp³-hybridized carbons (Fsp3) is 0.133. The van der Waals surface area contributed by atoms with Crippen molar-refractivity contribution in [2.75, 3.05) is 5.32 Å². The molecule has 0 aliphatic carbocycles. The van der Waals surface area contributed by atoms with E-state index in [1.165, 1.54) is 18.5 Å². The van der Waals surface area contributed by atoms with E-state index in [1.807, 2.05) is 24.3 Å². The van der Waals surface area contributed by atoms with Crippen LogP contribution in [0.25, 0.3) is 0 Å². The number of carbonyl (C=O) groups excluding carboxylic acids is 1. The molecule has 0 spiro atoms. The first-order valence-electron chi connectivity index (χ1n) is 6.35. The molecule has 0 saturated carbocycles. The summed E-state index contributed by atoms with van der Waals surface area (Å²) in [6, 6.07) is 8.78. The van der Waals surface area contributed by atoms with Crippen molar-refractivity contribution in [2.45, 2.75) is 13.0 Å². The van der Waals surface area contributed by atoms with Gasteiger partial charge in [0.2, 0.25) is 5.91 Å². The Morgan fingerprint density at radius 1 is 1.19 bits per heavy atom. The Balaban J connectivity index is 2.08. The van der Waals surface area contributed by atoms with Gasteiger partial charge in [0, 0.05) is 12.7 Å². The predicted octanol–water partition coefficient (Wildman–Crippen LogP) is 1.42. The number of aromatic nitrogens is 1. The van der Waals surface area contributed by atoms with Crippen LogP contribution in [-0.2, 0) is 17.8 Å². The van der Waals surface area contributed by atoms with Crippen LogP contribution in [0.5, 0.6) is 0 Å². The first-order chi connectivity index (χ1) is 10.1. The second kappa shape index (κ2) is 6.62. The van der Waals surface area contributed by atoms with Crippen molar-refractivity contribution in [3.05, 3.63) is 59.4 Å². The van der Waals surface area contributed by atoms with Crippen LogP contribution in [-0.4, -0.2) is 22.0 Å². The number of carboxylic acids is 1. The third-order valence-electron chi connectivity index (χ3n) is 2.96. The quantitative estimate of drug-likeness (QED) is 0.770. The molecule has 0 unspecified atom stereocenters. The summed E-state index contributed by atoms with van der Waals surface area (Å²) in [5, 5.41) is 11.5. The number of nitrogens with one attached hydrogen (secondary N) is 1. The summed E-state index contributed by atoms with van der Waals surface area (Å²) in [5.41, 5.74) is 7.75. The zero-order valence-electron chi connectivity index (χ0n) is 11.2. The normalized spacial score (nSPS) is 10.1. The number of aromatic carboxylic acids is 1. The van der Waals surface area contributed by atoms with Gasteiger partial charge in [0.1, 0.15) is 0 Å². The average molecular weight is 285 g/mol. The van der Waals surface area contributed by atoms with E-state index in [0.717, 1.165) is 11.1 Å². The van der Waals surface area contributed by atoms with Crippen LogP contribution in [0.3, 0.4) is 0 Å². The molecule has 4 N–H and O–H groups in total. The van der Waals surface area contributed by atoms with Crippen LogP contribution >= 0.6 is 0 Å². The molecule has 1 aromatic heterocycles. The number of carbonyl (C=O) groups is 2. The molecule has 0 radical (unpaired) electrons. The minimum Gasteiger partial charge on any atom is -0.478 e. The van der Waals surface area contributed by atoms with Gasteiger partial charge >= 0.3 is 5.97 Å². The van der Waals surface area contributed by atoms with E-state index in [-0.39, 0.29) is 17.9 Å². The molecule has 21 heavy (non-hydrogen) atoms. The molecular formula is C15H15N3O3. The van der Waals surface area contributed by atoms with Crippen molar-refractivity contribution < 1.29 is 14.7 Å². The van der Waals surface area contributed by atoms with Crippen molar-refractivity contribution in [2.24, 2.45) is 5.73 Å². The minimum atomic E-state index is -1.09. The number of pyridine rings is 1. The Labute approximate surface area is 121 Å².